The molecule has 0 atom stereocenters. The van der Waals surface area contributed by atoms with Gasteiger partial charge in [0.05, 0.1) is 11.3 Å². The second-order valence-electron chi connectivity index (χ2n) is 10.5. The number of aromatic nitrogens is 4. The van der Waals surface area contributed by atoms with Crippen LogP contribution in [0.15, 0.2) is 72.9 Å². The fourth-order valence-corrected chi connectivity index (χ4v) is 5.62. The van der Waals surface area contributed by atoms with Crippen molar-refractivity contribution in [3.05, 3.63) is 131 Å². The molecule has 0 unspecified atom stereocenters. The molecule has 4 aromatic carbocycles. The van der Waals surface area contributed by atoms with Gasteiger partial charge in [0, 0.05) is 34.5 Å². The maximum atomic E-state index is 14.7. The van der Waals surface area contributed by atoms with E-state index in [0.29, 0.717) is 11.4 Å². The normalized spacial score (nSPS) is 11.3. The van der Waals surface area contributed by atoms with Crippen LogP contribution in [0, 0.1) is 62.0 Å². The molecule has 7 aromatic rings. The van der Waals surface area contributed by atoms with Crippen LogP contribution >= 0.6 is 0 Å². The second kappa shape index (κ2) is 11.8. The molecule has 0 spiro atoms. The van der Waals surface area contributed by atoms with Crippen LogP contribution in [-0.2, 0) is 20.4 Å². The SMILES string of the molecule is Cc1ccnc(-n2c3[c-]c(Oc4[c-]c(-n5nc(C)c(-c6c(F)c(F)c(F)c(F)c6F)c5C)ccc4)ccc3c3ccccc32)c1.[Pd+2]. The number of hydrogen-bond donors (Lipinski definition) is 0. The number of fused-ring (bicyclic) bond motifs is 3. The summed E-state index contributed by atoms with van der Waals surface area (Å²) < 4.78 is 80.6. The largest absolute Gasteiger partial charge is 2.00 e. The van der Waals surface area contributed by atoms with E-state index in [1.807, 2.05) is 54.0 Å². The summed E-state index contributed by atoms with van der Waals surface area (Å²) in [7, 11) is 0. The molecule has 0 N–H and O–H groups in total. The molecule has 11 heteroatoms. The Hall–Kier alpha value is -4.85. The number of benzene rings is 4. The topological polar surface area (TPSA) is 44.9 Å². The molecular formula is C35H21F5N4OPd. The van der Waals surface area contributed by atoms with Gasteiger partial charge >= 0.3 is 20.4 Å². The predicted octanol–water partition coefficient (Wildman–Crippen LogP) is 9.04. The molecule has 0 fully saturated rings. The molecule has 0 radical (unpaired) electrons. The van der Waals surface area contributed by atoms with Crippen molar-refractivity contribution in [1.29, 1.82) is 0 Å². The number of para-hydroxylation sites is 1. The minimum absolute atomic E-state index is 0. The van der Waals surface area contributed by atoms with Crippen LogP contribution in [-0.4, -0.2) is 19.3 Å². The van der Waals surface area contributed by atoms with Crippen LogP contribution in [0.3, 0.4) is 0 Å². The third kappa shape index (κ3) is 4.96. The van der Waals surface area contributed by atoms with E-state index in [1.165, 1.54) is 18.5 Å². The minimum Gasteiger partial charge on any atom is -0.509 e. The molecule has 0 aliphatic carbocycles. The third-order valence-corrected chi connectivity index (χ3v) is 7.64. The van der Waals surface area contributed by atoms with Gasteiger partial charge in [-0.05, 0) is 55.6 Å². The Balaban J connectivity index is 0.00000372. The van der Waals surface area contributed by atoms with Crippen LogP contribution in [0.2, 0.25) is 0 Å². The Bertz CT molecular complexity index is 2280. The summed E-state index contributed by atoms with van der Waals surface area (Å²) in [4.78, 5) is 4.58. The molecule has 7 rings (SSSR count). The quantitative estimate of drug-likeness (QED) is 0.0588. The van der Waals surface area contributed by atoms with E-state index in [9.17, 15) is 22.0 Å². The van der Waals surface area contributed by atoms with E-state index in [0.717, 1.165) is 33.2 Å². The smallest absolute Gasteiger partial charge is 0.509 e. The molecule has 0 amide bonds. The summed E-state index contributed by atoms with van der Waals surface area (Å²) in [5.41, 5.74) is 2.05. The van der Waals surface area contributed by atoms with Crippen molar-refractivity contribution in [2.45, 2.75) is 20.8 Å². The van der Waals surface area contributed by atoms with Gasteiger partial charge in [-0.3, -0.25) is 4.68 Å². The Morgan fingerprint density at radius 1 is 0.696 bits per heavy atom. The zero-order chi connectivity index (χ0) is 31.6. The van der Waals surface area contributed by atoms with Crippen molar-refractivity contribution in [3.8, 4) is 34.1 Å². The van der Waals surface area contributed by atoms with Gasteiger partial charge < -0.3 is 9.30 Å². The third-order valence-electron chi connectivity index (χ3n) is 7.64. The van der Waals surface area contributed by atoms with Crippen LogP contribution in [0.25, 0.3) is 44.4 Å². The molecule has 46 heavy (non-hydrogen) atoms. The molecule has 5 nitrogen and oxygen atoms in total. The average molecular weight is 715 g/mol. The number of ether oxygens (including phenoxy) is 1. The molecule has 0 aliphatic rings. The number of hydrogen-bond acceptors (Lipinski definition) is 3. The van der Waals surface area contributed by atoms with Crippen molar-refractivity contribution in [2.24, 2.45) is 0 Å². The van der Waals surface area contributed by atoms with Gasteiger partial charge in [0.1, 0.15) is 5.82 Å². The minimum atomic E-state index is -2.22. The van der Waals surface area contributed by atoms with Gasteiger partial charge in [-0.1, -0.05) is 23.7 Å². The summed E-state index contributed by atoms with van der Waals surface area (Å²) >= 11 is 0. The first-order valence-electron chi connectivity index (χ1n) is 13.8. The molecule has 0 bridgehead atoms. The fraction of sp³-hybridized carbons (Fsp3) is 0.0857. The second-order valence-corrected chi connectivity index (χ2v) is 10.5. The van der Waals surface area contributed by atoms with Crippen LogP contribution in [0.4, 0.5) is 22.0 Å². The Morgan fingerprint density at radius 2 is 1.39 bits per heavy atom. The summed E-state index contributed by atoms with van der Waals surface area (Å²) in [6.45, 7) is 4.88. The maximum Gasteiger partial charge on any atom is 2.00 e. The van der Waals surface area contributed by atoms with E-state index in [2.05, 4.69) is 22.2 Å². The maximum absolute atomic E-state index is 14.7. The van der Waals surface area contributed by atoms with Gasteiger partial charge in [-0.25, -0.2) is 26.9 Å². The Labute approximate surface area is 273 Å². The van der Waals surface area contributed by atoms with Gasteiger partial charge in [-0.15, -0.1) is 35.7 Å². The predicted molar refractivity (Wildman–Crippen MR) is 159 cm³/mol. The van der Waals surface area contributed by atoms with Crippen molar-refractivity contribution in [1.82, 2.24) is 19.3 Å². The number of rotatable bonds is 5. The van der Waals surface area contributed by atoms with Gasteiger partial charge in [0.25, 0.3) is 0 Å². The molecule has 3 aromatic heterocycles. The van der Waals surface area contributed by atoms with E-state index in [1.54, 1.807) is 30.5 Å². The molecule has 232 valence electrons. The van der Waals surface area contributed by atoms with E-state index in [-0.39, 0.29) is 43.1 Å². The molecule has 0 saturated carbocycles. The van der Waals surface area contributed by atoms with Crippen molar-refractivity contribution >= 4 is 21.8 Å². The van der Waals surface area contributed by atoms with Crippen molar-refractivity contribution in [2.75, 3.05) is 0 Å². The fourth-order valence-electron chi connectivity index (χ4n) is 5.62. The molecule has 3 heterocycles. The van der Waals surface area contributed by atoms with Crippen LogP contribution < -0.4 is 4.74 Å². The van der Waals surface area contributed by atoms with Crippen molar-refractivity contribution < 1.29 is 47.1 Å². The standard InChI is InChI=1S/C35H21F5N4O.Pd/c1-18-13-14-41-28(15-18)43-26-10-5-4-9-24(26)25-12-11-23(17-27(25)43)45-22-8-6-7-21(16-22)44-20(3)29(19(2)42-44)30-31(36)33(38)35(40)34(39)32(30)37;/h4-15H,1-3H3;/q-2;+2. The molecule has 0 aliphatic heterocycles. The van der Waals surface area contributed by atoms with Gasteiger partial charge in [-0.2, -0.15) is 17.2 Å². The summed E-state index contributed by atoms with van der Waals surface area (Å²) in [6, 6.07) is 27.0. The van der Waals surface area contributed by atoms with Gasteiger partial charge in [0.15, 0.2) is 23.3 Å². The van der Waals surface area contributed by atoms with E-state index < -0.39 is 34.6 Å². The zero-order valence-corrected chi connectivity index (χ0v) is 25.9. The number of halogens is 5. The zero-order valence-electron chi connectivity index (χ0n) is 24.3. The Morgan fingerprint density at radius 3 is 2.13 bits per heavy atom. The van der Waals surface area contributed by atoms with E-state index in [4.69, 9.17) is 4.74 Å². The summed E-state index contributed by atoms with van der Waals surface area (Å²) in [6.07, 6.45) is 1.75. The molecule has 0 saturated heterocycles. The van der Waals surface area contributed by atoms with Crippen molar-refractivity contribution in [3.63, 3.8) is 0 Å². The molecular weight excluding hydrogens is 694 g/mol. The van der Waals surface area contributed by atoms with E-state index >= 15 is 0 Å². The first-order valence-corrected chi connectivity index (χ1v) is 13.8. The first-order chi connectivity index (χ1) is 21.6. The van der Waals surface area contributed by atoms with Crippen LogP contribution in [0.5, 0.6) is 11.5 Å². The first kappa shape index (κ1) is 31.1. The number of aryl methyl sites for hydroxylation is 2. The monoisotopic (exact) mass is 714 g/mol. The Kier molecular flexibility index (Phi) is 8.01. The van der Waals surface area contributed by atoms with Crippen LogP contribution in [0.1, 0.15) is 17.0 Å². The average Bonchev–Trinajstić information content (AvgIpc) is 3.52. The van der Waals surface area contributed by atoms with Gasteiger partial charge in [0.2, 0.25) is 5.82 Å². The summed E-state index contributed by atoms with van der Waals surface area (Å²) in [5, 5.41) is 6.32. The summed E-state index contributed by atoms with van der Waals surface area (Å²) in [5.74, 6) is -8.72. The number of pyridine rings is 1. The number of nitrogens with zero attached hydrogens (tertiary/aromatic N) is 4.